The molecule has 5 aliphatic heterocycles. The highest BCUT2D eigenvalue weighted by molar-refractivity contribution is 5.98. The molecule has 11 heteroatoms. The van der Waals surface area contributed by atoms with Crippen LogP contribution in [0.25, 0.3) is 0 Å². The Morgan fingerprint density at radius 3 is 2.48 bits per heavy atom. The van der Waals surface area contributed by atoms with E-state index in [1.807, 2.05) is 20.8 Å². The summed E-state index contributed by atoms with van der Waals surface area (Å²) in [5.41, 5.74) is -3.49. The maximum absolute atomic E-state index is 14.8. The van der Waals surface area contributed by atoms with E-state index in [0.717, 1.165) is 11.1 Å². The number of aliphatic hydroxyl groups is 2. The molecule has 0 unspecified atom stereocenters. The van der Waals surface area contributed by atoms with Crippen molar-refractivity contribution in [3.8, 4) is 0 Å². The summed E-state index contributed by atoms with van der Waals surface area (Å²) in [5, 5.41) is 23.0. The lowest BCUT2D eigenvalue weighted by Gasteiger charge is -2.50. The van der Waals surface area contributed by atoms with E-state index in [1.165, 1.54) is 6.92 Å². The van der Waals surface area contributed by atoms with Gasteiger partial charge in [-0.15, -0.1) is 0 Å². The molecular weight excluding hydrogens is 548 g/mol. The molecule has 7 aliphatic rings. The number of aliphatic hydroxyl groups excluding tert-OH is 1. The summed E-state index contributed by atoms with van der Waals surface area (Å²) in [4.78, 5) is 54.2. The molecule has 230 valence electrons. The predicted octanol–water partition coefficient (Wildman–Crippen LogP) is 1.55. The van der Waals surface area contributed by atoms with Gasteiger partial charge in [0.2, 0.25) is 11.6 Å². The summed E-state index contributed by atoms with van der Waals surface area (Å²) in [6.07, 6.45) is -2.94. The molecule has 0 aromatic heterocycles. The Kier molecular flexibility index (Phi) is 5.79. The largest absolute Gasteiger partial charge is 0.466 e. The normalized spacial score (nSPS) is 51.8. The molecule has 0 radical (unpaired) electrons. The second-order valence-corrected chi connectivity index (χ2v) is 14.4. The van der Waals surface area contributed by atoms with Gasteiger partial charge in [0, 0.05) is 29.6 Å². The van der Waals surface area contributed by atoms with Gasteiger partial charge >= 0.3 is 11.9 Å². The Bertz CT molecular complexity index is 1330. The van der Waals surface area contributed by atoms with Gasteiger partial charge in [-0.25, -0.2) is 4.79 Å². The third-order valence-electron chi connectivity index (χ3n) is 11.7. The summed E-state index contributed by atoms with van der Waals surface area (Å²) >= 11 is 0. The molecule has 2 N–H and O–H groups in total. The Labute approximate surface area is 244 Å². The van der Waals surface area contributed by atoms with Crippen LogP contribution in [0.1, 0.15) is 73.6 Å². The first-order valence-corrected chi connectivity index (χ1v) is 15.2. The Hall–Kier alpha value is -2.18. The molecular formula is C31H40O11. The lowest BCUT2D eigenvalue weighted by atomic mass is 9.60. The van der Waals surface area contributed by atoms with Crippen molar-refractivity contribution in [2.24, 2.45) is 29.1 Å². The lowest BCUT2D eigenvalue weighted by Crippen LogP contribution is -2.66. The van der Waals surface area contributed by atoms with Crippen LogP contribution in [0.5, 0.6) is 0 Å². The number of Topliss-reactive ketones (excluding diaryl/α,β-unsaturated/α-hetero) is 2. The molecule has 2 bridgehead atoms. The van der Waals surface area contributed by atoms with Gasteiger partial charge in [0.15, 0.2) is 5.60 Å². The van der Waals surface area contributed by atoms with Gasteiger partial charge in [0.05, 0.1) is 42.4 Å². The molecule has 1 saturated carbocycles. The van der Waals surface area contributed by atoms with Gasteiger partial charge < -0.3 is 33.9 Å². The zero-order chi connectivity index (χ0) is 30.4. The SMILES string of the molecule is CCOC(=O)C[C@H]1OC(C)(C)C2=C1C[C@@]13CC[C@]4(C)C(=O)[C@@H](C)[C@@H]5[C@H]6OC(=O)[C@](C)(O)[C@H]6O[C@](O1)(C(=O)[C@@H]3[C@@H](O)C2)[C@@H]54. The molecule has 4 saturated heterocycles. The summed E-state index contributed by atoms with van der Waals surface area (Å²) in [6, 6.07) is 0. The zero-order valence-electron chi connectivity index (χ0n) is 24.9. The maximum atomic E-state index is 14.8. The van der Waals surface area contributed by atoms with Crippen molar-refractivity contribution in [2.75, 3.05) is 6.61 Å². The van der Waals surface area contributed by atoms with Crippen molar-refractivity contribution >= 4 is 23.5 Å². The van der Waals surface area contributed by atoms with E-state index < -0.39 is 93.8 Å². The summed E-state index contributed by atoms with van der Waals surface area (Å²) < 4.78 is 30.7. The molecule has 5 fully saturated rings. The van der Waals surface area contributed by atoms with Crippen LogP contribution in [0, 0.1) is 29.1 Å². The van der Waals surface area contributed by atoms with Crippen molar-refractivity contribution in [2.45, 2.75) is 121 Å². The van der Waals surface area contributed by atoms with E-state index in [-0.39, 0.29) is 31.7 Å². The smallest absolute Gasteiger partial charge is 0.341 e. The number of carbonyl (C=O) groups is 4. The fraction of sp³-hybridized carbons (Fsp3) is 0.806. The average molecular weight is 589 g/mol. The average Bonchev–Trinajstić information content (AvgIpc) is 3.36. The molecule has 5 heterocycles. The van der Waals surface area contributed by atoms with Crippen molar-refractivity contribution in [3.63, 3.8) is 0 Å². The maximum Gasteiger partial charge on any atom is 0.341 e. The molecule has 0 aromatic carbocycles. The van der Waals surface area contributed by atoms with Gasteiger partial charge in [-0.2, -0.15) is 0 Å². The van der Waals surface area contributed by atoms with Crippen molar-refractivity contribution in [3.05, 3.63) is 11.1 Å². The first-order chi connectivity index (χ1) is 19.5. The van der Waals surface area contributed by atoms with Gasteiger partial charge in [-0.3, -0.25) is 14.4 Å². The Morgan fingerprint density at radius 2 is 1.79 bits per heavy atom. The van der Waals surface area contributed by atoms with Crippen molar-refractivity contribution in [1.29, 1.82) is 0 Å². The minimum atomic E-state index is -2.05. The first kappa shape index (κ1) is 28.6. The number of hydrogen-bond donors (Lipinski definition) is 2. The van der Waals surface area contributed by atoms with E-state index in [9.17, 15) is 29.4 Å². The minimum Gasteiger partial charge on any atom is -0.466 e. The zero-order valence-corrected chi connectivity index (χ0v) is 24.9. The lowest BCUT2D eigenvalue weighted by molar-refractivity contribution is -0.336. The number of ether oxygens (including phenoxy) is 5. The van der Waals surface area contributed by atoms with Crippen LogP contribution in [0.3, 0.4) is 0 Å². The fourth-order valence-corrected chi connectivity index (χ4v) is 9.92. The second-order valence-electron chi connectivity index (χ2n) is 14.4. The quantitative estimate of drug-likeness (QED) is 0.364. The van der Waals surface area contributed by atoms with Crippen LogP contribution >= 0.6 is 0 Å². The number of fused-ring (bicyclic) bond motifs is 2. The summed E-state index contributed by atoms with van der Waals surface area (Å²) in [5.74, 6) is -6.71. The van der Waals surface area contributed by atoms with Crippen LogP contribution < -0.4 is 0 Å². The summed E-state index contributed by atoms with van der Waals surface area (Å²) in [6.45, 7) is 10.6. The highest BCUT2D eigenvalue weighted by Gasteiger charge is 2.82. The number of carbonyl (C=O) groups excluding carboxylic acids is 4. The fourth-order valence-electron chi connectivity index (χ4n) is 9.92. The number of esters is 2. The molecule has 7 rings (SSSR count). The molecule has 42 heavy (non-hydrogen) atoms. The second kappa shape index (κ2) is 8.50. The van der Waals surface area contributed by atoms with E-state index in [4.69, 9.17) is 23.7 Å². The van der Waals surface area contributed by atoms with Crippen LogP contribution in [0.15, 0.2) is 11.1 Å². The van der Waals surface area contributed by atoms with Crippen LogP contribution in [0.2, 0.25) is 0 Å². The molecule has 0 aromatic rings. The third-order valence-corrected chi connectivity index (χ3v) is 11.7. The standard InChI is InChI=1S/C31H40O11/c1-7-38-18(33)11-17-14-12-30-9-8-28(5)22-19(13(2)23(28)34)21-25(29(6,37)26(36)39-21)41-31(22,42-30)24(35)20(30)16(32)10-15(14)27(3,4)40-17/h13,16-17,19-22,25,32,37H,7-12H2,1-6H3/t13-,16-,17+,19+,20-,21+,22-,25-,28-,29+,30+,31+/m0/s1. The van der Waals surface area contributed by atoms with Crippen molar-refractivity contribution in [1.82, 2.24) is 0 Å². The third kappa shape index (κ3) is 3.29. The van der Waals surface area contributed by atoms with Crippen LogP contribution in [-0.4, -0.2) is 87.3 Å². The molecule has 11 nitrogen and oxygen atoms in total. The molecule has 2 aliphatic carbocycles. The highest BCUT2D eigenvalue weighted by atomic mass is 16.7. The number of ketones is 2. The first-order valence-electron chi connectivity index (χ1n) is 15.2. The number of hydrogen-bond acceptors (Lipinski definition) is 11. The van der Waals surface area contributed by atoms with E-state index >= 15 is 0 Å². The molecule has 2 spiro atoms. The van der Waals surface area contributed by atoms with Crippen molar-refractivity contribution < 1.29 is 53.1 Å². The minimum absolute atomic E-state index is 0.0208. The van der Waals surface area contributed by atoms with Crippen LogP contribution in [0.4, 0.5) is 0 Å². The summed E-state index contributed by atoms with van der Waals surface area (Å²) in [7, 11) is 0. The topological polar surface area (TPSA) is 155 Å². The van der Waals surface area contributed by atoms with Crippen LogP contribution in [-0.2, 0) is 42.9 Å². The van der Waals surface area contributed by atoms with Gasteiger partial charge in [-0.05, 0) is 58.1 Å². The van der Waals surface area contributed by atoms with Gasteiger partial charge in [0.25, 0.3) is 0 Å². The van der Waals surface area contributed by atoms with Gasteiger partial charge in [0.1, 0.15) is 18.0 Å². The Balaban J connectivity index is 1.37. The predicted molar refractivity (Wildman–Crippen MR) is 141 cm³/mol. The Morgan fingerprint density at radius 1 is 1.07 bits per heavy atom. The van der Waals surface area contributed by atoms with E-state index in [1.54, 1.807) is 13.8 Å². The molecule has 12 atom stereocenters. The van der Waals surface area contributed by atoms with Gasteiger partial charge in [-0.1, -0.05) is 13.8 Å². The van der Waals surface area contributed by atoms with E-state index in [2.05, 4.69) is 0 Å². The molecule has 0 amide bonds. The number of rotatable bonds is 3. The van der Waals surface area contributed by atoms with E-state index in [0.29, 0.717) is 12.8 Å². The highest BCUT2D eigenvalue weighted by Crippen LogP contribution is 2.70. The monoisotopic (exact) mass is 588 g/mol.